The molecule has 4 nitrogen and oxygen atoms in total. The second-order valence-corrected chi connectivity index (χ2v) is 5.51. The number of carbonyl (C=O) groups is 1. The molecule has 5 heteroatoms. The van der Waals surface area contributed by atoms with E-state index < -0.39 is 0 Å². The molecule has 0 amide bonds. The maximum Gasteiger partial charge on any atom is 0.262 e. The van der Waals surface area contributed by atoms with Crippen LogP contribution in [0.2, 0.25) is 0 Å². The highest BCUT2D eigenvalue weighted by molar-refractivity contribution is 7.20. The Kier molecular flexibility index (Phi) is 3.34. The minimum absolute atomic E-state index is 0.00927. The van der Waals surface area contributed by atoms with Gasteiger partial charge in [-0.15, -0.1) is 11.3 Å². The van der Waals surface area contributed by atoms with Crippen LogP contribution in [0.15, 0.2) is 11.1 Å². The molecule has 0 saturated carbocycles. The molecule has 0 aliphatic carbocycles. The third kappa shape index (κ3) is 1.88. The molecule has 2 aromatic heterocycles. The van der Waals surface area contributed by atoms with E-state index in [-0.39, 0.29) is 17.4 Å². The monoisotopic (exact) mass is 264 g/mol. The third-order valence-corrected chi connectivity index (χ3v) is 4.56. The highest BCUT2D eigenvalue weighted by atomic mass is 32.1. The Bertz CT molecular complexity index is 669. The summed E-state index contributed by atoms with van der Waals surface area (Å²) in [7, 11) is 0. The van der Waals surface area contributed by atoms with Crippen LogP contribution in [0.1, 0.15) is 48.5 Å². The number of hydrogen-bond donors (Lipinski definition) is 0. The molecule has 0 bridgehead atoms. The van der Waals surface area contributed by atoms with Crippen LogP contribution in [-0.4, -0.2) is 15.3 Å². The van der Waals surface area contributed by atoms with E-state index in [1.165, 1.54) is 18.3 Å². The number of rotatable bonds is 3. The van der Waals surface area contributed by atoms with Crippen LogP contribution in [0.5, 0.6) is 0 Å². The molecule has 18 heavy (non-hydrogen) atoms. The highest BCUT2D eigenvalue weighted by Crippen LogP contribution is 2.27. The molecule has 0 aromatic carbocycles. The lowest BCUT2D eigenvalue weighted by molar-refractivity contribution is 0.102. The van der Waals surface area contributed by atoms with E-state index in [4.69, 9.17) is 0 Å². The topological polar surface area (TPSA) is 52.0 Å². The van der Waals surface area contributed by atoms with Gasteiger partial charge in [0.1, 0.15) is 4.83 Å². The quantitative estimate of drug-likeness (QED) is 0.801. The summed E-state index contributed by atoms with van der Waals surface area (Å²) in [6.07, 6.45) is 2.45. The van der Waals surface area contributed by atoms with Crippen LogP contribution < -0.4 is 5.56 Å². The van der Waals surface area contributed by atoms with E-state index in [1.807, 2.05) is 20.8 Å². The van der Waals surface area contributed by atoms with Gasteiger partial charge in [0, 0.05) is 6.04 Å². The molecule has 96 valence electrons. The van der Waals surface area contributed by atoms with Gasteiger partial charge < -0.3 is 0 Å². The summed E-state index contributed by atoms with van der Waals surface area (Å²) in [6.45, 7) is 7.36. The average molecular weight is 264 g/mol. The van der Waals surface area contributed by atoms with Gasteiger partial charge in [-0.1, -0.05) is 6.92 Å². The fraction of sp³-hybridized carbons (Fsp3) is 0.462. The molecule has 0 spiro atoms. The van der Waals surface area contributed by atoms with Crippen molar-refractivity contribution in [3.8, 4) is 0 Å². The second kappa shape index (κ2) is 4.65. The number of aromatic nitrogens is 2. The number of thiophene rings is 1. The summed E-state index contributed by atoms with van der Waals surface area (Å²) in [4.78, 5) is 29.5. The number of ketones is 1. The Morgan fingerprint density at radius 3 is 2.78 bits per heavy atom. The number of carbonyl (C=O) groups excluding carboxylic acids is 1. The molecule has 2 rings (SSSR count). The lowest BCUT2D eigenvalue weighted by Gasteiger charge is -2.11. The number of nitrogens with zero attached hydrogens (tertiary/aromatic N) is 2. The molecule has 0 fully saturated rings. The van der Waals surface area contributed by atoms with Crippen LogP contribution in [0.3, 0.4) is 0 Å². The van der Waals surface area contributed by atoms with Gasteiger partial charge in [0.05, 0.1) is 16.6 Å². The summed E-state index contributed by atoms with van der Waals surface area (Å²) in [5, 5.41) is 0.591. The van der Waals surface area contributed by atoms with Crippen LogP contribution >= 0.6 is 11.3 Å². The Labute approximate surface area is 109 Å². The van der Waals surface area contributed by atoms with Crippen LogP contribution in [0.4, 0.5) is 0 Å². The van der Waals surface area contributed by atoms with Crippen molar-refractivity contribution in [2.24, 2.45) is 0 Å². The van der Waals surface area contributed by atoms with E-state index in [0.717, 1.165) is 12.0 Å². The summed E-state index contributed by atoms with van der Waals surface area (Å²) >= 11 is 1.30. The van der Waals surface area contributed by atoms with Gasteiger partial charge in [-0.05, 0) is 32.8 Å². The molecule has 0 N–H and O–H groups in total. The predicted molar refractivity (Wildman–Crippen MR) is 73.6 cm³/mol. The molecule has 2 aromatic rings. The Morgan fingerprint density at radius 2 is 2.22 bits per heavy atom. The standard InChI is InChI=1S/C13H16N2O2S/c1-5-7(2)15-6-14-12-10(13(15)17)8(3)11(18-12)9(4)16/h6-7H,5H2,1-4H3. The van der Waals surface area contributed by atoms with E-state index >= 15 is 0 Å². The van der Waals surface area contributed by atoms with Crippen molar-refractivity contribution < 1.29 is 4.79 Å². The van der Waals surface area contributed by atoms with E-state index in [1.54, 1.807) is 10.9 Å². The van der Waals surface area contributed by atoms with E-state index in [9.17, 15) is 9.59 Å². The first kappa shape index (κ1) is 13.0. The van der Waals surface area contributed by atoms with Crippen molar-refractivity contribution in [1.29, 1.82) is 0 Å². The Morgan fingerprint density at radius 1 is 1.56 bits per heavy atom. The fourth-order valence-electron chi connectivity index (χ4n) is 1.98. The molecular weight excluding hydrogens is 248 g/mol. The number of fused-ring (bicyclic) bond motifs is 1. The summed E-state index contributed by atoms with van der Waals surface area (Å²) < 4.78 is 1.64. The number of Topliss-reactive ketones (excluding diaryl/α,β-unsaturated/α-hetero) is 1. The summed E-state index contributed by atoms with van der Waals surface area (Å²) in [5.74, 6) is -0.00927. The summed E-state index contributed by atoms with van der Waals surface area (Å²) in [5.41, 5.74) is 0.716. The molecular formula is C13H16N2O2S. The van der Waals surface area contributed by atoms with Crippen molar-refractivity contribution in [3.63, 3.8) is 0 Å². The second-order valence-electron chi connectivity index (χ2n) is 4.51. The number of aryl methyl sites for hydroxylation is 1. The third-order valence-electron chi connectivity index (χ3n) is 3.26. The van der Waals surface area contributed by atoms with Crippen molar-refractivity contribution >= 4 is 27.3 Å². The molecule has 2 heterocycles. The molecule has 0 radical (unpaired) electrons. The van der Waals surface area contributed by atoms with Crippen LogP contribution in [0, 0.1) is 6.92 Å². The first-order valence-electron chi connectivity index (χ1n) is 5.98. The lowest BCUT2D eigenvalue weighted by atomic mass is 10.1. The minimum Gasteiger partial charge on any atom is -0.296 e. The van der Waals surface area contributed by atoms with E-state index in [2.05, 4.69) is 4.98 Å². The van der Waals surface area contributed by atoms with E-state index in [0.29, 0.717) is 15.1 Å². The van der Waals surface area contributed by atoms with Crippen molar-refractivity contribution in [1.82, 2.24) is 9.55 Å². The maximum atomic E-state index is 12.4. The molecule has 0 saturated heterocycles. The normalized spacial score (nSPS) is 12.9. The van der Waals surface area contributed by atoms with Gasteiger partial charge in [-0.2, -0.15) is 0 Å². The largest absolute Gasteiger partial charge is 0.296 e. The van der Waals surface area contributed by atoms with Gasteiger partial charge >= 0.3 is 0 Å². The Balaban J connectivity index is 2.78. The average Bonchev–Trinajstić information content (AvgIpc) is 2.67. The van der Waals surface area contributed by atoms with Crippen molar-refractivity contribution in [2.75, 3.05) is 0 Å². The first-order valence-corrected chi connectivity index (χ1v) is 6.80. The van der Waals surface area contributed by atoms with Gasteiger partial charge in [0.25, 0.3) is 5.56 Å². The first-order chi connectivity index (χ1) is 8.47. The number of hydrogen-bond acceptors (Lipinski definition) is 4. The van der Waals surface area contributed by atoms with Crippen molar-refractivity contribution in [2.45, 2.75) is 40.2 Å². The zero-order chi connectivity index (χ0) is 13.4. The van der Waals surface area contributed by atoms with Gasteiger partial charge in [0.15, 0.2) is 5.78 Å². The van der Waals surface area contributed by atoms with Gasteiger partial charge in [-0.25, -0.2) is 4.98 Å². The smallest absolute Gasteiger partial charge is 0.262 e. The molecule has 1 atom stereocenters. The maximum absolute atomic E-state index is 12.4. The van der Waals surface area contributed by atoms with Gasteiger partial charge in [0.2, 0.25) is 0 Å². The zero-order valence-electron chi connectivity index (χ0n) is 11.0. The van der Waals surface area contributed by atoms with Crippen molar-refractivity contribution in [3.05, 3.63) is 27.1 Å². The van der Waals surface area contributed by atoms with Crippen LogP contribution in [-0.2, 0) is 0 Å². The molecule has 0 aliphatic heterocycles. The SMILES string of the molecule is CCC(C)n1cnc2sc(C(C)=O)c(C)c2c1=O. The predicted octanol–water partition coefficient (Wildman–Crippen LogP) is 2.94. The molecule has 0 aliphatic rings. The lowest BCUT2D eigenvalue weighted by Crippen LogP contribution is -2.23. The minimum atomic E-state index is -0.0457. The van der Waals surface area contributed by atoms with Gasteiger partial charge in [-0.3, -0.25) is 14.2 Å². The Hall–Kier alpha value is -1.49. The highest BCUT2D eigenvalue weighted by Gasteiger charge is 2.17. The zero-order valence-corrected chi connectivity index (χ0v) is 11.8. The molecule has 1 unspecified atom stereocenters. The summed E-state index contributed by atoms with van der Waals surface area (Å²) in [6, 6.07) is 0.120. The fourth-order valence-corrected chi connectivity index (χ4v) is 3.02. The van der Waals surface area contributed by atoms with Crippen LogP contribution in [0.25, 0.3) is 10.2 Å².